The monoisotopic (exact) mass is 323 g/mol. The van der Waals surface area contributed by atoms with Gasteiger partial charge in [0.15, 0.2) is 0 Å². The molecular formula is C15H17NO7. The molecule has 0 spiro atoms. The number of rotatable bonds is 7. The predicted molar refractivity (Wildman–Crippen MR) is 77.9 cm³/mol. The number of carbonyl (C=O) groups excluding carboxylic acids is 3. The molecule has 124 valence electrons. The highest BCUT2D eigenvalue weighted by atomic mass is 16.5. The molecule has 8 nitrogen and oxygen atoms in total. The highest BCUT2D eigenvalue weighted by Crippen LogP contribution is 2.08. The van der Waals surface area contributed by atoms with Gasteiger partial charge in [0.05, 0.1) is 19.8 Å². The zero-order valence-corrected chi connectivity index (χ0v) is 12.7. The van der Waals surface area contributed by atoms with E-state index in [1.54, 1.807) is 0 Å². The number of ether oxygens (including phenoxy) is 2. The molecule has 0 bridgehead atoms. The Kier molecular flexibility index (Phi) is 6.72. The predicted octanol–water partition coefficient (Wildman–Crippen LogP) is 0.609. The number of carboxylic acids is 1. The van der Waals surface area contributed by atoms with Crippen molar-refractivity contribution in [1.82, 2.24) is 5.32 Å². The van der Waals surface area contributed by atoms with Gasteiger partial charge in [0.25, 0.3) is 5.91 Å². The van der Waals surface area contributed by atoms with Crippen LogP contribution in [-0.4, -0.2) is 49.2 Å². The highest BCUT2D eigenvalue weighted by molar-refractivity contribution is 5.99. The van der Waals surface area contributed by atoms with Crippen molar-refractivity contribution >= 4 is 23.8 Å². The smallest absolute Gasteiger partial charge is 0.337 e. The van der Waals surface area contributed by atoms with Crippen LogP contribution >= 0.6 is 0 Å². The number of nitrogens with one attached hydrogen (secondary N) is 1. The average Bonchev–Trinajstić information content (AvgIpc) is 2.56. The first-order valence-electron chi connectivity index (χ1n) is 6.68. The summed E-state index contributed by atoms with van der Waals surface area (Å²) in [4.78, 5) is 45.7. The van der Waals surface area contributed by atoms with Crippen molar-refractivity contribution in [2.24, 2.45) is 0 Å². The SMILES string of the molecule is COC(=O)CC[C@H](NC(=O)c1cccc(C(=O)OC)c1)C(=O)O. The van der Waals surface area contributed by atoms with Crippen LogP contribution < -0.4 is 5.32 Å². The van der Waals surface area contributed by atoms with Crippen LogP contribution in [0.25, 0.3) is 0 Å². The van der Waals surface area contributed by atoms with Crippen LogP contribution in [-0.2, 0) is 19.1 Å². The summed E-state index contributed by atoms with van der Waals surface area (Å²) in [7, 11) is 2.40. The molecule has 0 saturated heterocycles. The Labute approximate surface area is 132 Å². The van der Waals surface area contributed by atoms with Crippen molar-refractivity contribution in [2.75, 3.05) is 14.2 Å². The van der Waals surface area contributed by atoms with E-state index in [1.165, 1.54) is 38.5 Å². The molecule has 0 unspecified atom stereocenters. The summed E-state index contributed by atoms with van der Waals surface area (Å²) in [6, 6.07) is 4.42. The summed E-state index contributed by atoms with van der Waals surface area (Å²) in [5.41, 5.74) is 0.277. The van der Waals surface area contributed by atoms with Crippen LogP contribution in [0.15, 0.2) is 24.3 Å². The highest BCUT2D eigenvalue weighted by Gasteiger charge is 2.22. The average molecular weight is 323 g/mol. The van der Waals surface area contributed by atoms with E-state index in [4.69, 9.17) is 5.11 Å². The molecule has 2 N–H and O–H groups in total. The molecule has 0 fully saturated rings. The fraction of sp³-hybridized carbons (Fsp3) is 0.333. The van der Waals surface area contributed by atoms with Crippen LogP contribution in [0.5, 0.6) is 0 Å². The number of hydrogen-bond acceptors (Lipinski definition) is 6. The lowest BCUT2D eigenvalue weighted by molar-refractivity contribution is -0.142. The van der Waals surface area contributed by atoms with Crippen molar-refractivity contribution in [2.45, 2.75) is 18.9 Å². The second-order valence-corrected chi connectivity index (χ2v) is 4.55. The molecule has 0 aliphatic rings. The first-order valence-corrected chi connectivity index (χ1v) is 6.68. The lowest BCUT2D eigenvalue weighted by Crippen LogP contribution is -2.41. The second-order valence-electron chi connectivity index (χ2n) is 4.55. The number of esters is 2. The molecule has 1 rings (SSSR count). The molecule has 1 amide bonds. The van der Waals surface area contributed by atoms with Gasteiger partial charge in [0, 0.05) is 12.0 Å². The van der Waals surface area contributed by atoms with Gasteiger partial charge in [-0.3, -0.25) is 9.59 Å². The molecule has 1 atom stereocenters. The van der Waals surface area contributed by atoms with Gasteiger partial charge in [-0.15, -0.1) is 0 Å². The Hall–Kier alpha value is -2.90. The molecule has 23 heavy (non-hydrogen) atoms. The van der Waals surface area contributed by atoms with Gasteiger partial charge in [-0.2, -0.15) is 0 Å². The van der Waals surface area contributed by atoms with Crippen LogP contribution in [0.4, 0.5) is 0 Å². The molecule has 0 aliphatic heterocycles. The van der Waals surface area contributed by atoms with E-state index in [0.717, 1.165) is 0 Å². The van der Waals surface area contributed by atoms with Crippen LogP contribution in [0, 0.1) is 0 Å². The van der Waals surface area contributed by atoms with Gasteiger partial charge in [-0.25, -0.2) is 9.59 Å². The van der Waals surface area contributed by atoms with E-state index < -0.39 is 29.9 Å². The third kappa shape index (κ3) is 5.42. The van der Waals surface area contributed by atoms with Crippen LogP contribution in [0.2, 0.25) is 0 Å². The lowest BCUT2D eigenvalue weighted by Gasteiger charge is -2.14. The fourth-order valence-corrected chi connectivity index (χ4v) is 1.77. The Morgan fingerprint density at radius 3 is 2.35 bits per heavy atom. The van der Waals surface area contributed by atoms with E-state index in [-0.39, 0.29) is 24.0 Å². The Bertz CT molecular complexity index is 612. The summed E-state index contributed by atoms with van der Waals surface area (Å²) in [5, 5.41) is 11.4. The first-order chi connectivity index (χ1) is 10.9. The number of carbonyl (C=O) groups is 4. The van der Waals surface area contributed by atoms with Gasteiger partial charge in [0.1, 0.15) is 6.04 Å². The molecule has 0 heterocycles. The molecule has 0 aliphatic carbocycles. The van der Waals surface area contributed by atoms with Crippen LogP contribution in [0.1, 0.15) is 33.6 Å². The summed E-state index contributed by atoms with van der Waals surface area (Å²) < 4.78 is 8.98. The molecule has 1 aromatic carbocycles. The van der Waals surface area contributed by atoms with Crippen molar-refractivity contribution < 1.29 is 33.8 Å². The summed E-state index contributed by atoms with van der Waals surface area (Å²) in [6.45, 7) is 0. The zero-order valence-electron chi connectivity index (χ0n) is 12.7. The normalized spacial score (nSPS) is 11.2. The van der Waals surface area contributed by atoms with Gasteiger partial charge in [-0.1, -0.05) is 6.07 Å². The minimum Gasteiger partial charge on any atom is -0.480 e. The Balaban J connectivity index is 2.80. The van der Waals surface area contributed by atoms with E-state index >= 15 is 0 Å². The van der Waals surface area contributed by atoms with Gasteiger partial charge in [0.2, 0.25) is 0 Å². The molecule has 1 aromatic rings. The third-order valence-electron chi connectivity index (χ3n) is 3.01. The van der Waals surface area contributed by atoms with E-state index in [1.807, 2.05) is 0 Å². The Morgan fingerprint density at radius 2 is 1.78 bits per heavy atom. The maximum Gasteiger partial charge on any atom is 0.337 e. The van der Waals surface area contributed by atoms with E-state index in [2.05, 4.69) is 14.8 Å². The molecule has 8 heteroatoms. The van der Waals surface area contributed by atoms with Gasteiger partial charge in [-0.05, 0) is 24.6 Å². The topological polar surface area (TPSA) is 119 Å². The van der Waals surface area contributed by atoms with E-state index in [0.29, 0.717) is 0 Å². The van der Waals surface area contributed by atoms with E-state index in [9.17, 15) is 19.2 Å². The molecule has 0 aromatic heterocycles. The number of aliphatic carboxylic acids is 1. The number of carboxylic acid groups (broad SMARTS) is 1. The summed E-state index contributed by atoms with van der Waals surface area (Å²) in [6.07, 6.45) is -0.250. The molecule has 0 radical (unpaired) electrons. The van der Waals surface area contributed by atoms with Crippen molar-refractivity contribution in [3.05, 3.63) is 35.4 Å². The fourth-order valence-electron chi connectivity index (χ4n) is 1.77. The molecule has 0 saturated carbocycles. The molecular weight excluding hydrogens is 306 g/mol. The summed E-state index contributed by atoms with van der Waals surface area (Å²) in [5.74, 6) is -3.13. The number of benzene rings is 1. The third-order valence-corrected chi connectivity index (χ3v) is 3.01. The van der Waals surface area contributed by atoms with Gasteiger partial charge >= 0.3 is 17.9 Å². The van der Waals surface area contributed by atoms with Crippen LogP contribution in [0.3, 0.4) is 0 Å². The van der Waals surface area contributed by atoms with Crippen molar-refractivity contribution in [3.8, 4) is 0 Å². The quantitative estimate of drug-likeness (QED) is 0.705. The van der Waals surface area contributed by atoms with Gasteiger partial charge < -0.3 is 19.9 Å². The Morgan fingerprint density at radius 1 is 1.13 bits per heavy atom. The second kappa shape index (κ2) is 8.52. The lowest BCUT2D eigenvalue weighted by atomic mass is 10.1. The zero-order chi connectivity index (χ0) is 17.4. The minimum absolute atomic E-state index is 0.107. The summed E-state index contributed by atoms with van der Waals surface area (Å²) >= 11 is 0. The number of amides is 1. The number of hydrogen-bond donors (Lipinski definition) is 2. The van der Waals surface area contributed by atoms with Crippen molar-refractivity contribution in [3.63, 3.8) is 0 Å². The van der Waals surface area contributed by atoms with Crippen molar-refractivity contribution in [1.29, 1.82) is 0 Å². The number of methoxy groups -OCH3 is 2. The minimum atomic E-state index is -1.27. The maximum absolute atomic E-state index is 12.1. The largest absolute Gasteiger partial charge is 0.480 e. The maximum atomic E-state index is 12.1. The first kappa shape index (κ1) is 18.1. The standard InChI is InChI=1S/C15H17NO7/c1-22-12(17)7-6-11(14(19)20)16-13(18)9-4-3-5-10(8-9)15(21)23-2/h3-5,8,11H,6-7H2,1-2H3,(H,16,18)(H,19,20)/t11-/m0/s1.